The van der Waals surface area contributed by atoms with Gasteiger partial charge in [0.05, 0.1) is 7.11 Å². The highest BCUT2D eigenvalue weighted by atomic mass is 79.9. The smallest absolute Gasteiger partial charge is 0.267 e. The molecule has 0 atom stereocenters. The zero-order chi connectivity index (χ0) is 13.0. The van der Waals surface area contributed by atoms with E-state index in [4.69, 9.17) is 4.74 Å². The molecule has 1 aromatic rings. The summed E-state index contributed by atoms with van der Waals surface area (Å²) in [7, 11) is 1.62. The lowest BCUT2D eigenvalue weighted by Gasteiger charge is -2.37. The van der Waals surface area contributed by atoms with Crippen LogP contribution in [0.1, 0.15) is 35.4 Å². The molecular formula is C13H18BrNO2S. The van der Waals surface area contributed by atoms with Gasteiger partial charge in [0.15, 0.2) is 0 Å². The molecule has 1 aromatic heterocycles. The fourth-order valence-electron chi connectivity index (χ4n) is 2.12. The highest BCUT2D eigenvalue weighted by molar-refractivity contribution is 9.09. The summed E-state index contributed by atoms with van der Waals surface area (Å²) in [5, 5.41) is 2.85. The van der Waals surface area contributed by atoms with Gasteiger partial charge in [-0.2, -0.15) is 0 Å². The van der Waals surface area contributed by atoms with Crippen LogP contribution in [0.5, 0.6) is 5.75 Å². The maximum Gasteiger partial charge on any atom is 0.267 e. The summed E-state index contributed by atoms with van der Waals surface area (Å²) in [5.74, 6) is 0.834. The van der Waals surface area contributed by atoms with Crippen molar-refractivity contribution in [3.05, 3.63) is 16.3 Å². The summed E-state index contributed by atoms with van der Waals surface area (Å²) in [4.78, 5) is 15.3. The van der Waals surface area contributed by atoms with Gasteiger partial charge in [0.2, 0.25) is 0 Å². The molecule has 1 saturated carbocycles. The normalized spacial score (nSPS) is 15.2. The third-order valence-corrected chi connectivity index (χ3v) is 4.80. The molecule has 18 heavy (non-hydrogen) atoms. The van der Waals surface area contributed by atoms with Gasteiger partial charge >= 0.3 is 0 Å². The number of halogens is 1. The van der Waals surface area contributed by atoms with Crippen LogP contribution in [-0.4, -0.2) is 35.8 Å². The van der Waals surface area contributed by atoms with Crippen molar-refractivity contribution >= 4 is 33.2 Å². The van der Waals surface area contributed by atoms with Gasteiger partial charge in [-0.25, -0.2) is 0 Å². The lowest BCUT2D eigenvalue weighted by Crippen LogP contribution is -2.44. The van der Waals surface area contributed by atoms with E-state index in [1.54, 1.807) is 7.11 Å². The first-order valence-electron chi connectivity index (χ1n) is 6.26. The van der Waals surface area contributed by atoms with Gasteiger partial charge in [-0.05, 0) is 37.1 Å². The van der Waals surface area contributed by atoms with E-state index >= 15 is 0 Å². The topological polar surface area (TPSA) is 29.5 Å². The largest absolute Gasteiger partial charge is 0.495 e. The van der Waals surface area contributed by atoms with Crippen LogP contribution in [0.15, 0.2) is 11.4 Å². The quantitative estimate of drug-likeness (QED) is 0.746. The number of alkyl halides is 1. The Morgan fingerprint density at radius 1 is 1.61 bits per heavy atom. The van der Waals surface area contributed by atoms with Gasteiger partial charge < -0.3 is 9.64 Å². The molecule has 1 aliphatic rings. The number of methoxy groups -OCH3 is 1. The molecular weight excluding hydrogens is 314 g/mol. The average molecular weight is 332 g/mol. The predicted octanol–water partition coefficient (Wildman–Crippen LogP) is 3.54. The lowest BCUT2D eigenvalue weighted by atomic mass is 9.91. The number of carbonyl (C=O) groups is 1. The molecule has 0 aliphatic heterocycles. The molecule has 0 bridgehead atoms. The van der Waals surface area contributed by atoms with Crippen molar-refractivity contribution < 1.29 is 9.53 Å². The second-order valence-corrected chi connectivity index (χ2v) is 6.15. The van der Waals surface area contributed by atoms with E-state index < -0.39 is 0 Å². The maximum absolute atomic E-state index is 12.6. The summed E-state index contributed by atoms with van der Waals surface area (Å²) in [6, 6.07) is 2.30. The van der Waals surface area contributed by atoms with Crippen LogP contribution >= 0.6 is 27.3 Å². The molecule has 100 valence electrons. The standard InChI is InChI=1S/C13H18BrNO2S/c1-17-11-6-9-18-12(11)13(16)15(8-3-7-14)10-4-2-5-10/h6,9-10H,2-5,7-8H2,1H3. The number of thiophene rings is 1. The Morgan fingerprint density at radius 2 is 2.39 bits per heavy atom. The van der Waals surface area contributed by atoms with Crippen LogP contribution in [0, 0.1) is 0 Å². The number of carbonyl (C=O) groups excluding carboxylic acids is 1. The third-order valence-electron chi connectivity index (χ3n) is 3.35. The van der Waals surface area contributed by atoms with Crippen molar-refractivity contribution in [1.82, 2.24) is 4.90 Å². The Bertz CT molecular complexity index is 403. The van der Waals surface area contributed by atoms with Crippen molar-refractivity contribution in [1.29, 1.82) is 0 Å². The molecule has 1 aliphatic carbocycles. The van der Waals surface area contributed by atoms with E-state index in [9.17, 15) is 4.79 Å². The Hall–Kier alpha value is -0.550. The van der Waals surface area contributed by atoms with Crippen molar-refractivity contribution in [2.24, 2.45) is 0 Å². The van der Waals surface area contributed by atoms with Crippen LogP contribution < -0.4 is 4.74 Å². The van der Waals surface area contributed by atoms with Gasteiger partial charge in [-0.3, -0.25) is 4.79 Å². The molecule has 0 spiro atoms. The first kappa shape index (κ1) is 13.9. The van der Waals surface area contributed by atoms with Crippen LogP contribution in [0.4, 0.5) is 0 Å². The molecule has 1 fully saturated rings. The summed E-state index contributed by atoms with van der Waals surface area (Å²) in [5.41, 5.74) is 0. The highest BCUT2D eigenvalue weighted by Crippen LogP contribution is 2.31. The van der Waals surface area contributed by atoms with Crippen molar-refractivity contribution in [3.8, 4) is 5.75 Å². The predicted molar refractivity (Wildman–Crippen MR) is 78.0 cm³/mol. The zero-order valence-corrected chi connectivity index (χ0v) is 12.9. The molecule has 1 heterocycles. The molecule has 3 nitrogen and oxygen atoms in total. The van der Waals surface area contributed by atoms with Gasteiger partial charge in [0.1, 0.15) is 10.6 Å². The maximum atomic E-state index is 12.6. The van der Waals surface area contributed by atoms with E-state index in [2.05, 4.69) is 15.9 Å². The van der Waals surface area contributed by atoms with Crippen LogP contribution in [-0.2, 0) is 0 Å². The van der Waals surface area contributed by atoms with E-state index in [1.165, 1.54) is 17.8 Å². The molecule has 2 rings (SSSR count). The van der Waals surface area contributed by atoms with Crippen molar-refractivity contribution in [3.63, 3.8) is 0 Å². The highest BCUT2D eigenvalue weighted by Gasteiger charge is 2.30. The molecule has 0 saturated heterocycles. The number of amides is 1. The Labute approximate surface area is 120 Å². The van der Waals surface area contributed by atoms with Crippen LogP contribution in [0.3, 0.4) is 0 Å². The second kappa shape index (κ2) is 6.57. The third kappa shape index (κ3) is 2.88. The number of hydrogen-bond donors (Lipinski definition) is 0. The zero-order valence-electron chi connectivity index (χ0n) is 10.5. The number of ether oxygens (including phenoxy) is 1. The summed E-state index contributed by atoms with van der Waals surface area (Å²) >= 11 is 4.90. The van der Waals surface area contributed by atoms with E-state index in [0.717, 1.165) is 36.0 Å². The first-order valence-corrected chi connectivity index (χ1v) is 8.26. The Balaban J connectivity index is 2.11. The first-order chi connectivity index (χ1) is 8.77. The van der Waals surface area contributed by atoms with Gasteiger partial charge in [0.25, 0.3) is 5.91 Å². The lowest BCUT2D eigenvalue weighted by molar-refractivity contribution is 0.0583. The SMILES string of the molecule is COc1ccsc1C(=O)N(CCCBr)C1CCC1. The average Bonchev–Trinajstić information content (AvgIpc) is 2.79. The van der Waals surface area contributed by atoms with Gasteiger partial charge in [-0.1, -0.05) is 15.9 Å². The Kier molecular flexibility index (Phi) is 5.06. The van der Waals surface area contributed by atoms with Crippen molar-refractivity contribution in [2.75, 3.05) is 19.0 Å². The minimum atomic E-state index is 0.132. The molecule has 0 radical (unpaired) electrons. The number of hydrogen-bond acceptors (Lipinski definition) is 3. The fraction of sp³-hybridized carbons (Fsp3) is 0.615. The van der Waals surface area contributed by atoms with Gasteiger partial charge in [0, 0.05) is 17.9 Å². The minimum absolute atomic E-state index is 0.132. The minimum Gasteiger partial charge on any atom is -0.495 e. The van der Waals surface area contributed by atoms with Crippen molar-refractivity contribution in [2.45, 2.75) is 31.7 Å². The van der Waals surface area contributed by atoms with Crippen LogP contribution in [0.25, 0.3) is 0 Å². The van der Waals surface area contributed by atoms with E-state index in [1.807, 2.05) is 16.3 Å². The molecule has 5 heteroatoms. The number of rotatable bonds is 6. The molecule has 1 amide bonds. The molecule has 0 unspecified atom stereocenters. The Morgan fingerprint density at radius 3 is 2.94 bits per heavy atom. The monoisotopic (exact) mass is 331 g/mol. The second-order valence-electron chi connectivity index (χ2n) is 4.44. The van der Waals surface area contributed by atoms with E-state index in [-0.39, 0.29) is 5.91 Å². The number of nitrogens with zero attached hydrogens (tertiary/aromatic N) is 1. The summed E-state index contributed by atoms with van der Waals surface area (Å²) in [6.07, 6.45) is 4.52. The summed E-state index contributed by atoms with van der Waals surface area (Å²) in [6.45, 7) is 0.829. The van der Waals surface area contributed by atoms with E-state index in [0.29, 0.717) is 11.8 Å². The van der Waals surface area contributed by atoms with Crippen LogP contribution in [0.2, 0.25) is 0 Å². The summed E-state index contributed by atoms with van der Waals surface area (Å²) < 4.78 is 5.25. The fourth-order valence-corrected chi connectivity index (χ4v) is 3.19. The molecule has 0 N–H and O–H groups in total. The van der Waals surface area contributed by atoms with Gasteiger partial charge in [-0.15, -0.1) is 11.3 Å². The molecule has 0 aromatic carbocycles.